The van der Waals surface area contributed by atoms with E-state index in [1.165, 1.54) is 7.11 Å². The van der Waals surface area contributed by atoms with Gasteiger partial charge < -0.3 is 56.3 Å². The van der Waals surface area contributed by atoms with Gasteiger partial charge in [-0.1, -0.05) is 71.9 Å². The molecule has 2 saturated heterocycles. The van der Waals surface area contributed by atoms with Crippen LogP contribution in [0.5, 0.6) is 0 Å². The summed E-state index contributed by atoms with van der Waals surface area (Å²) in [5, 5.41) is 29.2. The Balaban J connectivity index is 1.05. The number of carbonyl (C=O) groups excluding carboxylic acids is 2. The number of fused-ring (bicyclic) bond motifs is 4. The molecule has 10 N–H and O–H groups in total. The van der Waals surface area contributed by atoms with Crippen molar-refractivity contribution < 1.29 is 29.3 Å². The first-order valence-electron chi connectivity index (χ1n) is 25.1. The Kier molecular flexibility index (Phi) is 14.4. The number of aliphatic hydroxyl groups excluding tert-OH is 2. The molecule has 3 aromatic heterocycles. The van der Waals surface area contributed by atoms with Crippen LogP contribution in [0.1, 0.15) is 121 Å². The largest absolute Gasteiger partial charge is 0.472 e. The molecule has 1 aliphatic carbocycles. The molecule has 0 saturated carbocycles. The van der Waals surface area contributed by atoms with Gasteiger partial charge in [0.15, 0.2) is 6.73 Å². The predicted molar refractivity (Wildman–Crippen MR) is 270 cm³/mol. The molecule has 0 bridgehead atoms. The minimum Gasteiger partial charge on any atom is -0.472 e. The zero-order valence-corrected chi connectivity index (χ0v) is 41.5. The Morgan fingerprint density at radius 1 is 0.829 bits per heavy atom. The predicted octanol–water partition coefficient (Wildman–Crippen LogP) is 6.87. The molecule has 17 heteroatoms. The fraction of sp³-hybridized carbons (Fsp3) is 0.509. The monoisotopic (exact) mass is 958 g/mol. The number of nitrogens with two attached hydrogens (primary N) is 2. The van der Waals surface area contributed by atoms with Crippen LogP contribution in [-0.2, 0) is 27.5 Å². The highest BCUT2D eigenvalue weighted by Crippen LogP contribution is 2.48. The third-order valence-electron chi connectivity index (χ3n) is 15.0. The fourth-order valence-electron chi connectivity index (χ4n) is 10.7. The first-order valence-corrected chi connectivity index (χ1v) is 25.1. The lowest BCUT2D eigenvalue weighted by atomic mass is 9.89. The Bertz CT molecular complexity index is 2750. The number of nitrogens with zero attached hydrogens (tertiary/aromatic N) is 5. The maximum Gasteiger partial charge on any atom is 0.407 e. The number of aromatic amines is 2. The zero-order valence-electron chi connectivity index (χ0n) is 41.5. The zero-order chi connectivity index (χ0) is 49.5. The Hall–Kier alpha value is -5.82. The van der Waals surface area contributed by atoms with E-state index < -0.39 is 24.6 Å². The molecule has 7 atom stereocenters. The number of likely N-dealkylation sites (tertiary alicyclic amines) is 2. The second-order valence-corrected chi connectivity index (χ2v) is 20.6. The van der Waals surface area contributed by atoms with Gasteiger partial charge in [0.1, 0.15) is 35.9 Å². The average molecular weight is 958 g/mol. The molecule has 17 nitrogen and oxygen atoms in total. The van der Waals surface area contributed by atoms with E-state index in [0.717, 1.165) is 130 Å². The number of allylic oxidation sites excluding steroid dienone is 3. The molecular weight excluding hydrogens is 887 g/mol. The smallest absolute Gasteiger partial charge is 0.407 e. The number of amides is 2. The Morgan fingerprint density at radius 3 is 2.03 bits per heavy atom. The van der Waals surface area contributed by atoms with Crippen LogP contribution < -0.4 is 22.1 Å². The lowest BCUT2D eigenvalue weighted by Crippen LogP contribution is -2.50. The van der Waals surface area contributed by atoms with E-state index in [4.69, 9.17) is 30.9 Å². The molecule has 5 aromatic rings. The molecule has 9 rings (SSSR count). The number of hydrogen-bond donors (Lipinski definition) is 8. The second kappa shape index (κ2) is 20.5. The van der Waals surface area contributed by atoms with Crippen molar-refractivity contribution in [1.29, 1.82) is 0 Å². The minimum absolute atomic E-state index is 0.0444. The summed E-state index contributed by atoms with van der Waals surface area (Å²) in [6, 6.07) is 13.2. The Labute approximate surface area is 410 Å². The molecule has 2 aromatic carbocycles. The molecule has 2 amide bonds. The van der Waals surface area contributed by atoms with Gasteiger partial charge in [0.25, 0.3) is 0 Å². The van der Waals surface area contributed by atoms with Crippen molar-refractivity contribution in [1.82, 2.24) is 44.9 Å². The van der Waals surface area contributed by atoms with E-state index >= 15 is 0 Å². The van der Waals surface area contributed by atoms with E-state index in [-0.39, 0.29) is 54.4 Å². The van der Waals surface area contributed by atoms with Gasteiger partial charge in [-0.05, 0) is 91.2 Å². The number of carbonyl (C=O) groups is 2. The van der Waals surface area contributed by atoms with E-state index in [2.05, 4.69) is 71.4 Å². The highest BCUT2D eigenvalue weighted by molar-refractivity contribution is 6.05. The van der Waals surface area contributed by atoms with Gasteiger partial charge in [0.2, 0.25) is 5.91 Å². The minimum atomic E-state index is -0.767. The second-order valence-electron chi connectivity index (χ2n) is 20.6. The van der Waals surface area contributed by atoms with Crippen LogP contribution in [0, 0.1) is 17.8 Å². The number of nitrogens with one attached hydrogen (secondary N) is 4. The third-order valence-corrected chi connectivity index (χ3v) is 15.0. The number of H-pyrrole nitrogens is 2. The summed E-state index contributed by atoms with van der Waals surface area (Å²) < 4.78 is 13.7. The summed E-state index contributed by atoms with van der Waals surface area (Å²) in [4.78, 5) is 46.4. The molecule has 4 aliphatic rings. The standard InChI is InChI=1S/C53H71N11O6/c1-28(2)44(54)51(66)62-20-8-10-40(62)48-56-25-37(59-48)33-17-19-39-36(22-33)43(32-14-12-31(13-15-32)24-58-50(65)46(30(5)6)61-53(68)69-7)47-35-18-16-34(23-42(35)70-27-64(39)47)38-26-57-49(60-38)41-11-9-21-63(41)52(67)45(55)29(3)4/h12-15,17,19,22-23,25-26,28-30,40-41,44-46,51-52,66-67H,8-11,16,18,20-21,24,27,54-55H2,1-7H3,(H,56,59)(H,57,60)(H,58,65)(H,61,68). The van der Waals surface area contributed by atoms with Crippen LogP contribution in [0.15, 0.2) is 66.7 Å². The number of ether oxygens (including phenoxy) is 2. The molecule has 70 heavy (non-hydrogen) atoms. The maximum atomic E-state index is 13.2. The number of aromatic nitrogens is 5. The quantitative estimate of drug-likeness (QED) is 0.0506. The Morgan fingerprint density at radius 2 is 1.43 bits per heavy atom. The van der Waals surface area contributed by atoms with Gasteiger partial charge in [0.05, 0.1) is 54.2 Å². The molecule has 0 radical (unpaired) electrons. The van der Waals surface area contributed by atoms with Crippen molar-refractivity contribution in [2.24, 2.45) is 29.2 Å². The van der Waals surface area contributed by atoms with Crippen molar-refractivity contribution >= 4 is 34.0 Å². The maximum absolute atomic E-state index is 13.2. The fourth-order valence-corrected chi connectivity index (χ4v) is 10.7. The number of hydrogen-bond acceptors (Lipinski definition) is 12. The summed E-state index contributed by atoms with van der Waals surface area (Å²) in [6.07, 6.45) is 8.94. The third kappa shape index (κ3) is 9.54. The summed E-state index contributed by atoms with van der Waals surface area (Å²) in [7, 11) is 1.28. The first-order chi connectivity index (χ1) is 33.6. The summed E-state index contributed by atoms with van der Waals surface area (Å²) in [5.41, 5.74) is 23.0. The van der Waals surface area contributed by atoms with Gasteiger partial charge in [0, 0.05) is 53.8 Å². The molecule has 2 fully saturated rings. The molecule has 0 spiro atoms. The lowest BCUT2D eigenvalue weighted by molar-refractivity contribution is -0.124. The van der Waals surface area contributed by atoms with Crippen LogP contribution in [0.25, 0.3) is 44.4 Å². The summed E-state index contributed by atoms with van der Waals surface area (Å²) in [5.74, 6) is 2.32. The number of aliphatic hydroxyl groups is 2. The topological polar surface area (TPSA) is 238 Å². The van der Waals surface area contributed by atoms with Crippen LogP contribution in [0.4, 0.5) is 4.79 Å². The van der Waals surface area contributed by atoms with Gasteiger partial charge in [-0.25, -0.2) is 14.8 Å². The molecular formula is C53H71N11O6. The van der Waals surface area contributed by atoms with Crippen molar-refractivity contribution in [3.05, 3.63) is 95.3 Å². The van der Waals surface area contributed by atoms with Crippen molar-refractivity contribution in [2.45, 2.75) is 136 Å². The number of benzene rings is 2. The van der Waals surface area contributed by atoms with Crippen LogP contribution >= 0.6 is 0 Å². The van der Waals surface area contributed by atoms with Gasteiger partial charge in [-0.2, -0.15) is 0 Å². The molecule has 374 valence electrons. The summed E-state index contributed by atoms with van der Waals surface area (Å²) in [6.45, 7) is 14.0. The summed E-state index contributed by atoms with van der Waals surface area (Å²) >= 11 is 0. The lowest BCUT2D eigenvalue weighted by Gasteiger charge is -2.33. The molecule has 3 aliphatic heterocycles. The number of alkyl carbamates (subject to hydrolysis) is 1. The van der Waals surface area contributed by atoms with Crippen LogP contribution in [-0.4, -0.2) is 107 Å². The van der Waals surface area contributed by atoms with Gasteiger partial charge >= 0.3 is 6.09 Å². The van der Waals surface area contributed by atoms with Gasteiger partial charge in [-0.3, -0.25) is 14.6 Å². The van der Waals surface area contributed by atoms with E-state index in [1.807, 2.05) is 66.1 Å². The van der Waals surface area contributed by atoms with Crippen molar-refractivity contribution in [3.8, 4) is 22.4 Å². The van der Waals surface area contributed by atoms with E-state index in [9.17, 15) is 19.8 Å². The normalized spacial score (nSPS) is 20.9. The van der Waals surface area contributed by atoms with Crippen molar-refractivity contribution in [2.75, 3.05) is 20.2 Å². The van der Waals surface area contributed by atoms with Crippen LogP contribution in [0.3, 0.4) is 0 Å². The number of rotatable bonds is 16. The first kappa shape index (κ1) is 49.2. The van der Waals surface area contributed by atoms with Gasteiger partial charge in [-0.15, -0.1) is 0 Å². The molecule has 6 heterocycles. The van der Waals surface area contributed by atoms with E-state index in [0.29, 0.717) is 6.73 Å². The van der Waals surface area contributed by atoms with E-state index in [1.54, 1.807) is 0 Å². The number of methoxy groups -OCH3 is 1. The highest BCUT2D eigenvalue weighted by atomic mass is 16.5. The highest BCUT2D eigenvalue weighted by Gasteiger charge is 2.38. The number of imidazole rings is 2. The van der Waals surface area contributed by atoms with Crippen LogP contribution in [0.2, 0.25) is 0 Å². The average Bonchev–Trinajstić information content (AvgIpc) is 4.23. The van der Waals surface area contributed by atoms with Crippen molar-refractivity contribution in [3.63, 3.8) is 0 Å². The SMILES string of the molecule is COC(=O)NC(C(=O)NCc1ccc(-c2c3n(c4ccc(-c5cnc(C6CCCN6C(O)C(N)C(C)C)[nH]5)cc24)COC2=C3CCC(c3cnc(C4CCCN4C(O)C(N)C(C)C)[nH]3)=C2)cc1)C(C)C. The molecule has 7 unspecified atom stereocenters.